The van der Waals surface area contributed by atoms with Gasteiger partial charge in [0.05, 0.1) is 0 Å². The molecule has 0 saturated heterocycles. The van der Waals surface area contributed by atoms with Crippen molar-refractivity contribution in [2.24, 2.45) is 5.41 Å². The molecule has 0 saturated carbocycles. The van der Waals surface area contributed by atoms with Crippen molar-refractivity contribution >= 4 is 11.9 Å². The number of carbonyl (C=O) groups is 2. The number of ketones is 1. The number of hydrogen-bond donors (Lipinski definition) is 1. The van der Waals surface area contributed by atoms with Gasteiger partial charge in [-0.15, -0.1) is 0 Å². The summed E-state index contributed by atoms with van der Waals surface area (Å²) in [6.07, 6.45) is 10.3. The summed E-state index contributed by atoms with van der Waals surface area (Å²) in [5.74, 6) is 0.00734. The Morgan fingerprint density at radius 2 is 1.86 bits per heavy atom. The minimum absolute atomic E-state index is 0.00734. The van der Waals surface area contributed by atoms with E-state index in [2.05, 4.69) is 11.4 Å². The standard InChI is InChI=1S/C18H27NO3/c1-14(2)6-9-18(10-7-15(20)8-11-18)12-13-19-16(21)22-17(3,4)5/h6-8,10-11H,9,12-13H2,1-5H3,(H,19,21). The summed E-state index contributed by atoms with van der Waals surface area (Å²) in [6, 6.07) is 0. The minimum Gasteiger partial charge on any atom is -0.444 e. The second-order valence-corrected chi connectivity index (χ2v) is 6.97. The Hall–Kier alpha value is -1.84. The summed E-state index contributed by atoms with van der Waals surface area (Å²) < 4.78 is 5.22. The molecule has 4 heteroatoms. The van der Waals surface area contributed by atoms with Crippen LogP contribution in [0.3, 0.4) is 0 Å². The zero-order chi connectivity index (χ0) is 16.8. The molecule has 0 spiro atoms. The van der Waals surface area contributed by atoms with Gasteiger partial charge in [0.1, 0.15) is 5.60 Å². The van der Waals surface area contributed by atoms with E-state index in [0.717, 1.165) is 12.8 Å². The Kier molecular flexibility index (Phi) is 6.15. The lowest BCUT2D eigenvalue weighted by molar-refractivity contribution is -0.110. The predicted octanol–water partition coefficient (Wildman–Crippen LogP) is 3.94. The fourth-order valence-corrected chi connectivity index (χ4v) is 2.12. The molecule has 0 radical (unpaired) electrons. The maximum Gasteiger partial charge on any atom is 0.407 e. The second kappa shape index (κ2) is 7.43. The van der Waals surface area contributed by atoms with Gasteiger partial charge in [0, 0.05) is 12.0 Å². The lowest BCUT2D eigenvalue weighted by atomic mass is 9.77. The number of allylic oxidation sites excluding steroid dienone is 6. The zero-order valence-electron chi connectivity index (χ0n) is 14.2. The molecule has 4 nitrogen and oxygen atoms in total. The average Bonchev–Trinajstić information content (AvgIpc) is 2.37. The van der Waals surface area contributed by atoms with Crippen molar-refractivity contribution in [2.45, 2.75) is 53.1 Å². The van der Waals surface area contributed by atoms with Crippen LogP contribution in [-0.4, -0.2) is 24.0 Å². The molecule has 0 aliphatic heterocycles. The summed E-state index contributed by atoms with van der Waals surface area (Å²) in [6.45, 7) is 10.1. The van der Waals surface area contributed by atoms with Crippen LogP contribution in [0.4, 0.5) is 4.79 Å². The molecule has 0 bridgehead atoms. The van der Waals surface area contributed by atoms with E-state index in [1.54, 1.807) is 12.2 Å². The molecule has 0 aromatic heterocycles. The molecular weight excluding hydrogens is 278 g/mol. The van der Waals surface area contributed by atoms with Gasteiger partial charge >= 0.3 is 6.09 Å². The summed E-state index contributed by atoms with van der Waals surface area (Å²) >= 11 is 0. The highest BCUT2D eigenvalue weighted by Gasteiger charge is 2.26. The molecule has 122 valence electrons. The lowest BCUT2D eigenvalue weighted by Gasteiger charge is -2.28. The van der Waals surface area contributed by atoms with E-state index < -0.39 is 11.7 Å². The van der Waals surface area contributed by atoms with E-state index in [4.69, 9.17) is 4.74 Å². The maximum atomic E-state index is 11.7. The van der Waals surface area contributed by atoms with Crippen LogP contribution >= 0.6 is 0 Å². The van der Waals surface area contributed by atoms with Crippen molar-refractivity contribution in [3.63, 3.8) is 0 Å². The van der Waals surface area contributed by atoms with Gasteiger partial charge in [0.25, 0.3) is 0 Å². The third-order valence-electron chi connectivity index (χ3n) is 3.31. The van der Waals surface area contributed by atoms with E-state index in [9.17, 15) is 9.59 Å². The van der Waals surface area contributed by atoms with E-state index >= 15 is 0 Å². The molecule has 1 N–H and O–H groups in total. The van der Waals surface area contributed by atoms with Crippen molar-refractivity contribution in [2.75, 3.05) is 6.54 Å². The molecule has 0 aromatic rings. The van der Waals surface area contributed by atoms with Crippen LogP contribution in [0.5, 0.6) is 0 Å². The van der Waals surface area contributed by atoms with Crippen molar-refractivity contribution < 1.29 is 14.3 Å². The molecule has 1 aliphatic rings. The molecule has 1 aliphatic carbocycles. The first-order valence-electron chi connectivity index (χ1n) is 7.65. The Morgan fingerprint density at radius 1 is 1.27 bits per heavy atom. The van der Waals surface area contributed by atoms with Gasteiger partial charge in [-0.05, 0) is 59.6 Å². The molecule has 0 fully saturated rings. The fraction of sp³-hybridized carbons (Fsp3) is 0.556. The third-order valence-corrected chi connectivity index (χ3v) is 3.31. The summed E-state index contributed by atoms with van der Waals surface area (Å²) in [5.41, 5.74) is 0.513. The first kappa shape index (κ1) is 18.2. The smallest absolute Gasteiger partial charge is 0.407 e. The van der Waals surface area contributed by atoms with Crippen LogP contribution in [0.1, 0.15) is 47.5 Å². The molecule has 0 atom stereocenters. The Morgan fingerprint density at radius 3 is 2.36 bits per heavy atom. The van der Waals surface area contributed by atoms with Gasteiger partial charge in [0.15, 0.2) is 5.78 Å². The van der Waals surface area contributed by atoms with E-state index in [0.29, 0.717) is 6.54 Å². The van der Waals surface area contributed by atoms with Crippen LogP contribution in [-0.2, 0) is 9.53 Å². The number of amides is 1. The first-order valence-corrected chi connectivity index (χ1v) is 7.65. The number of carbonyl (C=O) groups excluding carboxylic acids is 2. The molecule has 0 heterocycles. The number of nitrogens with one attached hydrogen (secondary N) is 1. The van der Waals surface area contributed by atoms with Crippen molar-refractivity contribution in [3.05, 3.63) is 36.0 Å². The molecule has 1 amide bonds. The molecule has 1 rings (SSSR count). The summed E-state index contributed by atoms with van der Waals surface area (Å²) in [7, 11) is 0. The van der Waals surface area contributed by atoms with Gasteiger partial charge in [-0.25, -0.2) is 4.79 Å². The van der Waals surface area contributed by atoms with Crippen LogP contribution in [0.2, 0.25) is 0 Å². The lowest BCUT2D eigenvalue weighted by Crippen LogP contribution is -2.34. The third kappa shape index (κ3) is 6.74. The van der Waals surface area contributed by atoms with Crippen molar-refractivity contribution in [1.82, 2.24) is 5.32 Å². The van der Waals surface area contributed by atoms with Crippen molar-refractivity contribution in [1.29, 1.82) is 0 Å². The largest absolute Gasteiger partial charge is 0.444 e. The SMILES string of the molecule is CC(C)=CCC1(CCNC(=O)OC(C)(C)C)C=CC(=O)C=C1. The topological polar surface area (TPSA) is 55.4 Å². The monoisotopic (exact) mass is 305 g/mol. The number of ether oxygens (including phenoxy) is 1. The van der Waals surface area contributed by atoms with E-state index in [1.807, 2.05) is 46.8 Å². The van der Waals surface area contributed by atoms with Gasteiger partial charge in [-0.3, -0.25) is 4.79 Å². The van der Waals surface area contributed by atoms with E-state index in [-0.39, 0.29) is 11.2 Å². The Balaban J connectivity index is 2.62. The minimum atomic E-state index is -0.499. The van der Waals surface area contributed by atoms with Gasteiger partial charge in [0.2, 0.25) is 0 Å². The Bertz CT molecular complexity index is 487. The van der Waals surface area contributed by atoms with Crippen LogP contribution in [0, 0.1) is 5.41 Å². The highest BCUT2D eigenvalue weighted by atomic mass is 16.6. The van der Waals surface area contributed by atoms with Gasteiger partial charge in [-0.1, -0.05) is 23.8 Å². The van der Waals surface area contributed by atoms with Crippen LogP contribution in [0.15, 0.2) is 36.0 Å². The normalized spacial score (nSPS) is 16.3. The molecule has 22 heavy (non-hydrogen) atoms. The van der Waals surface area contributed by atoms with Gasteiger partial charge < -0.3 is 10.1 Å². The maximum absolute atomic E-state index is 11.7. The van der Waals surface area contributed by atoms with Crippen LogP contribution < -0.4 is 5.32 Å². The molecular formula is C18H27NO3. The van der Waals surface area contributed by atoms with E-state index in [1.165, 1.54) is 5.57 Å². The van der Waals surface area contributed by atoms with Crippen LogP contribution in [0.25, 0.3) is 0 Å². The number of hydrogen-bond acceptors (Lipinski definition) is 3. The Labute approximate surface area is 133 Å². The average molecular weight is 305 g/mol. The fourth-order valence-electron chi connectivity index (χ4n) is 2.12. The highest BCUT2D eigenvalue weighted by molar-refractivity contribution is 6.00. The molecule has 0 aromatic carbocycles. The quantitative estimate of drug-likeness (QED) is 0.783. The summed E-state index contributed by atoms with van der Waals surface area (Å²) in [5, 5.41) is 2.78. The zero-order valence-corrected chi connectivity index (χ0v) is 14.2. The summed E-state index contributed by atoms with van der Waals surface area (Å²) in [4.78, 5) is 23.0. The molecule has 0 unspecified atom stereocenters. The number of rotatable bonds is 5. The van der Waals surface area contributed by atoms with Crippen molar-refractivity contribution in [3.8, 4) is 0 Å². The highest BCUT2D eigenvalue weighted by Crippen LogP contribution is 2.33. The number of alkyl carbamates (subject to hydrolysis) is 1. The predicted molar refractivity (Wildman–Crippen MR) is 88.6 cm³/mol. The second-order valence-electron chi connectivity index (χ2n) is 6.97. The van der Waals surface area contributed by atoms with Gasteiger partial charge in [-0.2, -0.15) is 0 Å². The first-order chi connectivity index (χ1) is 10.1.